The Morgan fingerprint density at radius 1 is 0.733 bits per heavy atom. The normalized spacial score (nSPS) is 11.1. The lowest BCUT2D eigenvalue weighted by Crippen LogP contribution is -2.31. The molecule has 0 heterocycles. The van der Waals surface area contributed by atoms with Crippen molar-refractivity contribution in [1.29, 1.82) is 0 Å². The number of ketones is 2. The summed E-state index contributed by atoms with van der Waals surface area (Å²) >= 11 is 0. The number of carbonyl (C=O) groups excluding carboxylic acids is 2. The molecular weight excluding hydrogens is 238 g/mol. The van der Waals surface area contributed by atoms with Crippen LogP contribution in [0.3, 0.4) is 0 Å². The first kappa shape index (κ1) is 19.4. The van der Waals surface area contributed by atoms with Crippen molar-refractivity contribution < 1.29 is 46.9 Å². The van der Waals surface area contributed by atoms with Crippen LogP contribution in [0.4, 0.5) is 26.3 Å². The van der Waals surface area contributed by atoms with E-state index in [4.69, 9.17) is 0 Å². The van der Waals surface area contributed by atoms with E-state index in [1.165, 1.54) is 0 Å². The van der Waals surface area contributed by atoms with Crippen LogP contribution in [0.25, 0.3) is 0 Å². The highest BCUT2D eigenvalue weighted by molar-refractivity contribution is 6.03. The molecule has 0 saturated heterocycles. The van der Waals surface area contributed by atoms with Gasteiger partial charge in [-0.2, -0.15) is 26.3 Å². The molecule has 10 heteroatoms. The average Bonchev–Trinajstić information content (AvgIpc) is 1.82. The number of rotatable bonds is 2. The van der Waals surface area contributed by atoms with Gasteiger partial charge in [0.2, 0.25) is 11.6 Å². The lowest BCUT2D eigenvalue weighted by molar-refractivity contribution is -0.182. The Hall–Kier alpha value is -1.16. The first-order valence-corrected chi connectivity index (χ1v) is 2.75. The fraction of sp³-hybridized carbons (Fsp3) is 0.600. The summed E-state index contributed by atoms with van der Waals surface area (Å²) < 4.78 is 68.0. The molecule has 0 unspecified atom stereocenters. The summed E-state index contributed by atoms with van der Waals surface area (Å²) in [5.41, 5.74) is 0. The predicted molar refractivity (Wildman–Crippen MR) is 34.0 cm³/mol. The van der Waals surface area contributed by atoms with Crippen molar-refractivity contribution in [1.82, 2.24) is 0 Å². The quantitative estimate of drug-likeness (QED) is 0.504. The Bertz CT molecular complexity index is 205. The van der Waals surface area contributed by atoms with Gasteiger partial charge in [-0.05, 0) is 0 Å². The predicted octanol–water partition coefficient (Wildman–Crippen LogP) is -0.0101. The third-order valence-electron chi connectivity index (χ3n) is 0.953. The van der Waals surface area contributed by atoms with Gasteiger partial charge >= 0.3 is 12.4 Å². The van der Waals surface area contributed by atoms with E-state index in [9.17, 15) is 35.9 Å². The van der Waals surface area contributed by atoms with Gasteiger partial charge in [-0.3, -0.25) is 9.59 Å². The lowest BCUT2D eigenvalue weighted by Gasteiger charge is -2.06. The summed E-state index contributed by atoms with van der Waals surface area (Å²) in [6, 6.07) is 0. The first-order chi connectivity index (χ1) is 5.55. The molecule has 0 aromatic heterocycles. The molecule has 0 fully saturated rings. The molecule has 92 valence electrons. The van der Waals surface area contributed by atoms with Gasteiger partial charge in [-0.1, -0.05) is 0 Å². The second-order valence-electron chi connectivity index (χ2n) is 2.02. The Labute approximate surface area is 78.5 Å². The second kappa shape index (κ2) is 5.66. The molecule has 4 N–H and O–H groups in total. The lowest BCUT2D eigenvalue weighted by atomic mass is 10.2. The van der Waals surface area contributed by atoms with Crippen LogP contribution in [0.2, 0.25) is 0 Å². The molecule has 0 radical (unpaired) electrons. The van der Waals surface area contributed by atoms with Gasteiger partial charge in [-0.15, -0.1) is 0 Å². The summed E-state index contributed by atoms with van der Waals surface area (Å²) in [5, 5.41) is 0. The monoisotopic (exact) mass is 244 g/mol. The molecule has 0 spiro atoms. The minimum atomic E-state index is -5.40. The molecule has 0 aliphatic carbocycles. The largest absolute Gasteiger partial charge is 0.450 e. The maximum Gasteiger partial charge on any atom is 0.450 e. The van der Waals surface area contributed by atoms with Crippen molar-refractivity contribution in [3.63, 3.8) is 0 Å². The SMILES string of the molecule is O.O.O=C(CC(=O)C(F)(F)F)C(F)(F)F. The molecule has 0 saturated carbocycles. The zero-order valence-electron chi connectivity index (χ0n) is 6.79. The van der Waals surface area contributed by atoms with Crippen molar-refractivity contribution in [2.75, 3.05) is 0 Å². The number of alkyl halides is 6. The molecular formula is C5H6F6O4. The highest BCUT2D eigenvalue weighted by Crippen LogP contribution is 2.23. The van der Waals surface area contributed by atoms with Crippen LogP contribution in [0.5, 0.6) is 0 Å². The number of hydrogen-bond acceptors (Lipinski definition) is 2. The van der Waals surface area contributed by atoms with E-state index in [0.717, 1.165) is 0 Å². The molecule has 0 aromatic rings. The zero-order chi connectivity index (χ0) is 10.9. The van der Waals surface area contributed by atoms with Crippen molar-refractivity contribution in [3.05, 3.63) is 0 Å². The molecule has 15 heavy (non-hydrogen) atoms. The fourth-order valence-corrected chi connectivity index (χ4v) is 0.346. The zero-order valence-corrected chi connectivity index (χ0v) is 6.79. The topological polar surface area (TPSA) is 97.1 Å². The second-order valence-corrected chi connectivity index (χ2v) is 2.02. The van der Waals surface area contributed by atoms with E-state index in [1.807, 2.05) is 0 Å². The Balaban J connectivity index is -0.000000720. The van der Waals surface area contributed by atoms with Crippen LogP contribution in [-0.4, -0.2) is 34.9 Å². The van der Waals surface area contributed by atoms with Gasteiger partial charge in [0.25, 0.3) is 0 Å². The van der Waals surface area contributed by atoms with Crippen molar-refractivity contribution >= 4 is 11.6 Å². The van der Waals surface area contributed by atoms with Crippen molar-refractivity contribution in [2.45, 2.75) is 18.8 Å². The average molecular weight is 244 g/mol. The summed E-state index contributed by atoms with van der Waals surface area (Å²) in [4.78, 5) is 19.8. The van der Waals surface area contributed by atoms with Crippen molar-refractivity contribution in [3.8, 4) is 0 Å². The van der Waals surface area contributed by atoms with Crippen LogP contribution < -0.4 is 0 Å². The molecule has 4 nitrogen and oxygen atoms in total. The summed E-state index contributed by atoms with van der Waals surface area (Å²) in [7, 11) is 0. The maximum absolute atomic E-state index is 11.3. The van der Waals surface area contributed by atoms with E-state index in [-0.39, 0.29) is 11.0 Å². The smallest absolute Gasteiger partial charge is 0.412 e. The highest BCUT2D eigenvalue weighted by Gasteiger charge is 2.46. The van der Waals surface area contributed by atoms with Gasteiger partial charge < -0.3 is 11.0 Å². The van der Waals surface area contributed by atoms with Gasteiger partial charge in [0.1, 0.15) is 0 Å². The molecule has 0 amide bonds. The van der Waals surface area contributed by atoms with Crippen LogP contribution >= 0.6 is 0 Å². The summed E-state index contributed by atoms with van der Waals surface area (Å²) in [5.74, 6) is -5.40. The van der Waals surface area contributed by atoms with Crippen molar-refractivity contribution in [2.24, 2.45) is 0 Å². The van der Waals surface area contributed by atoms with E-state index in [1.54, 1.807) is 0 Å². The molecule has 0 aliphatic rings. The van der Waals surface area contributed by atoms with Gasteiger partial charge in [-0.25, -0.2) is 0 Å². The standard InChI is InChI=1S/C5H2F6O2.2H2O/c6-4(7,8)2(12)1-3(13)5(9,10)11;;/h1H2;2*1H2. The van der Waals surface area contributed by atoms with E-state index < -0.39 is 30.3 Å². The van der Waals surface area contributed by atoms with Crippen LogP contribution in [0, 0.1) is 0 Å². The fourth-order valence-electron chi connectivity index (χ4n) is 0.346. The number of hydrogen-bond donors (Lipinski definition) is 0. The third kappa shape index (κ3) is 6.85. The Kier molecular flexibility index (Phi) is 7.32. The van der Waals surface area contributed by atoms with Crippen LogP contribution in [0.15, 0.2) is 0 Å². The first-order valence-electron chi connectivity index (χ1n) is 2.75. The minimum Gasteiger partial charge on any atom is -0.412 e. The summed E-state index contributed by atoms with van der Waals surface area (Å²) in [6.07, 6.45) is -13.0. The third-order valence-corrected chi connectivity index (χ3v) is 0.953. The van der Waals surface area contributed by atoms with E-state index >= 15 is 0 Å². The molecule has 0 aromatic carbocycles. The highest BCUT2D eigenvalue weighted by atomic mass is 19.4. The number of Topliss-reactive ketones (excluding diaryl/α,β-unsaturated/α-hetero) is 2. The van der Waals surface area contributed by atoms with E-state index in [2.05, 4.69) is 0 Å². The number of halogens is 6. The van der Waals surface area contributed by atoms with E-state index in [0.29, 0.717) is 0 Å². The van der Waals surface area contributed by atoms with Gasteiger partial charge in [0, 0.05) is 0 Å². The molecule has 0 rings (SSSR count). The molecule has 0 aliphatic heterocycles. The number of carbonyl (C=O) groups is 2. The van der Waals surface area contributed by atoms with Crippen LogP contribution in [0.1, 0.15) is 6.42 Å². The maximum atomic E-state index is 11.3. The van der Waals surface area contributed by atoms with Gasteiger partial charge in [0.15, 0.2) is 0 Å². The summed E-state index contributed by atoms with van der Waals surface area (Å²) in [6.45, 7) is 0. The molecule has 0 bridgehead atoms. The Morgan fingerprint density at radius 2 is 0.933 bits per heavy atom. The van der Waals surface area contributed by atoms with Crippen LogP contribution in [-0.2, 0) is 9.59 Å². The molecule has 0 atom stereocenters. The Morgan fingerprint density at radius 3 is 1.07 bits per heavy atom. The minimum absolute atomic E-state index is 0. The van der Waals surface area contributed by atoms with Gasteiger partial charge in [0.05, 0.1) is 6.42 Å².